The van der Waals surface area contributed by atoms with Crippen LogP contribution in [0.1, 0.15) is 32.9 Å². The molecule has 3 rings (SSSR count). The average molecular weight is 371 g/mol. The Kier molecular flexibility index (Phi) is 5.58. The van der Waals surface area contributed by atoms with Crippen LogP contribution in [0, 0.1) is 13.8 Å². The number of benzene rings is 2. The van der Waals surface area contributed by atoms with E-state index in [1.807, 2.05) is 32.0 Å². The minimum Gasteiger partial charge on any atom is -0.489 e. The Labute approximate surface area is 156 Å². The molecule has 6 heteroatoms. The number of aryl methyl sites for hydroxylation is 2. The first-order valence-electron chi connectivity index (χ1n) is 8.20. The van der Waals surface area contributed by atoms with Crippen molar-refractivity contribution >= 4 is 17.5 Å². The molecule has 26 heavy (non-hydrogen) atoms. The molecular weight excluding hydrogens is 352 g/mol. The number of halogens is 1. The zero-order chi connectivity index (χ0) is 18.5. The van der Waals surface area contributed by atoms with Gasteiger partial charge in [0.05, 0.1) is 11.3 Å². The van der Waals surface area contributed by atoms with Crippen molar-refractivity contribution in [2.75, 3.05) is 0 Å². The van der Waals surface area contributed by atoms with E-state index < -0.39 is 0 Å². The van der Waals surface area contributed by atoms with E-state index in [1.54, 1.807) is 30.3 Å². The number of carbonyl (C=O) groups excluding carboxylic acids is 1. The summed E-state index contributed by atoms with van der Waals surface area (Å²) in [5.74, 6) is 1.28. The van der Waals surface area contributed by atoms with Gasteiger partial charge in [-0.3, -0.25) is 4.79 Å². The molecule has 134 valence electrons. The number of hydrogen-bond donors (Lipinski definition) is 1. The van der Waals surface area contributed by atoms with E-state index >= 15 is 0 Å². The van der Waals surface area contributed by atoms with E-state index in [1.165, 1.54) is 0 Å². The van der Waals surface area contributed by atoms with Crippen molar-refractivity contribution in [1.29, 1.82) is 0 Å². The number of rotatable bonds is 6. The van der Waals surface area contributed by atoms with E-state index in [9.17, 15) is 4.79 Å². The van der Waals surface area contributed by atoms with Crippen molar-refractivity contribution in [1.82, 2.24) is 10.5 Å². The molecule has 1 heterocycles. The molecule has 0 aliphatic carbocycles. The monoisotopic (exact) mass is 370 g/mol. The zero-order valence-corrected chi connectivity index (χ0v) is 15.3. The Bertz CT molecular complexity index is 884. The highest BCUT2D eigenvalue weighted by atomic mass is 35.5. The highest BCUT2D eigenvalue weighted by Gasteiger charge is 2.10. The molecule has 0 bridgehead atoms. The van der Waals surface area contributed by atoms with Crippen molar-refractivity contribution < 1.29 is 14.1 Å². The van der Waals surface area contributed by atoms with Gasteiger partial charge in [-0.1, -0.05) is 28.9 Å². The van der Waals surface area contributed by atoms with Gasteiger partial charge < -0.3 is 14.6 Å². The van der Waals surface area contributed by atoms with E-state index in [2.05, 4.69) is 10.5 Å². The SMILES string of the molecule is Cc1noc(C)c1COc1ccc(C(=O)NCc2cccc(Cl)c2)cc1. The summed E-state index contributed by atoms with van der Waals surface area (Å²) in [5.41, 5.74) is 3.27. The second kappa shape index (κ2) is 8.06. The summed E-state index contributed by atoms with van der Waals surface area (Å²) in [5, 5.41) is 7.42. The molecule has 5 nitrogen and oxygen atoms in total. The Morgan fingerprint density at radius 1 is 1.19 bits per heavy atom. The number of aromatic nitrogens is 1. The number of hydrogen-bond acceptors (Lipinski definition) is 4. The quantitative estimate of drug-likeness (QED) is 0.696. The lowest BCUT2D eigenvalue weighted by Gasteiger charge is -2.08. The summed E-state index contributed by atoms with van der Waals surface area (Å²) < 4.78 is 10.9. The summed E-state index contributed by atoms with van der Waals surface area (Å²) >= 11 is 5.94. The molecule has 3 aromatic rings. The molecule has 0 spiro atoms. The van der Waals surface area contributed by atoms with Gasteiger partial charge in [0, 0.05) is 17.1 Å². The number of nitrogens with one attached hydrogen (secondary N) is 1. The lowest BCUT2D eigenvalue weighted by molar-refractivity contribution is 0.0951. The van der Waals surface area contributed by atoms with Gasteiger partial charge in [-0.2, -0.15) is 0 Å². The maximum atomic E-state index is 12.2. The number of amides is 1. The third kappa shape index (κ3) is 4.43. The summed E-state index contributed by atoms with van der Waals surface area (Å²) in [6.45, 7) is 4.53. The lowest BCUT2D eigenvalue weighted by atomic mass is 10.2. The largest absolute Gasteiger partial charge is 0.489 e. The molecule has 0 fully saturated rings. The zero-order valence-electron chi connectivity index (χ0n) is 14.6. The van der Waals surface area contributed by atoms with Gasteiger partial charge in [0.2, 0.25) is 0 Å². The van der Waals surface area contributed by atoms with Gasteiger partial charge in [-0.15, -0.1) is 0 Å². The van der Waals surface area contributed by atoms with Crippen LogP contribution in [0.4, 0.5) is 0 Å². The van der Waals surface area contributed by atoms with E-state index in [0.717, 1.165) is 22.6 Å². The maximum Gasteiger partial charge on any atom is 0.251 e. The van der Waals surface area contributed by atoms with Crippen molar-refractivity contribution in [3.05, 3.63) is 81.7 Å². The minimum atomic E-state index is -0.151. The fraction of sp³-hybridized carbons (Fsp3) is 0.200. The molecular formula is C20H19ClN2O3. The molecule has 0 radical (unpaired) electrons. The van der Waals surface area contributed by atoms with Gasteiger partial charge in [-0.05, 0) is 55.8 Å². The van der Waals surface area contributed by atoms with Gasteiger partial charge in [0.15, 0.2) is 0 Å². The van der Waals surface area contributed by atoms with Gasteiger partial charge in [0.1, 0.15) is 18.1 Å². The van der Waals surface area contributed by atoms with Crippen LogP contribution in [-0.2, 0) is 13.2 Å². The molecule has 2 aromatic carbocycles. The average Bonchev–Trinajstić information content (AvgIpc) is 2.96. The number of ether oxygens (including phenoxy) is 1. The number of nitrogens with zero attached hydrogens (tertiary/aromatic N) is 1. The van der Waals surface area contributed by atoms with Crippen LogP contribution < -0.4 is 10.1 Å². The molecule has 0 atom stereocenters. The Balaban J connectivity index is 1.56. The Hall–Kier alpha value is -2.79. The second-order valence-electron chi connectivity index (χ2n) is 5.93. The lowest BCUT2D eigenvalue weighted by Crippen LogP contribution is -2.22. The molecule has 1 aromatic heterocycles. The third-order valence-corrected chi connectivity index (χ3v) is 4.26. The molecule has 0 saturated carbocycles. The summed E-state index contributed by atoms with van der Waals surface area (Å²) in [6.07, 6.45) is 0. The van der Waals surface area contributed by atoms with Crippen molar-refractivity contribution in [3.8, 4) is 5.75 Å². The molecule has 1 N–H and O–H groups in total. The van der Waals surface area contributed by atoms with Crippen LogP contribution in [-0.4, -0.2) is 11.1 Å². The fourth-order valence-corrected chi connectivity index (χ4v) is 2.71. The van der Waals surface area contributed by atoms with E-state index in [-0.39, 0.29) is 5.91 Å². The molecule has 1 amide bonds. The molecule has 0 aliphatic heterocycles. The van der Waals surface area contributed by atoms with Crippen LogP contribution in [0.25, 0.3) is 0 Å². The highest BCUT2D eigenvalue weighted by molar-refractivity contribution is 6.30. The van der Waals surface area contributed by atoms with Crippen LogP contribution >= 0.6 is 11.6 Å². The van der Waals surface area contributed by atoms with Gasteiger partial charge in [0.25, 0.3) is 5.91 Å². The van der Waals surface area contributed by atoms with Gasteiger partial charge in [-0.25, -0.2) is 0 Å². The third-order valence-electron chi connectivity index (χ3n) is 4.02. The van der Waals surface area contributed by atoms with E-state index in [4.69, 9.17) is 20.9 Å². The number of carbonyl (C=O) groups is 1. The second-order valence-corrected chi connectivity index (χ2v) is 6.36. The normalized spacial score (nSPS) is 10.6. The molecule has 0 saturated heterocycles. The smallest absolute Gasteiger partial charge is 0.251 e. The molecule has 0 aliphatic rings. The predicted molar refractivity (Wildman–Crippen MR) is 99.4 cm³/mol. The van der Waals surface area contributed by atoms with Crippen molar-refractivity contribution in [2.24, 2.45) is 0 Å². The highest BCUT2D eigenvalue weighted by Crippen LogP contribution is 2.18. The first kappa shape index (κ1) is 18.0. The summed E-state index contributed by atoms with van der Waals surface area (Å²) in [6, 6.07) is 14.4. The summed E-state index contributed by atoms with van der Waals surface area (Å²) in [7, 11) is 0. The first-order valence-corrected chi connectivity index (χ1v) is 8.58. The minimum absolute atomic E-state index is 0.151. The topological polar surface area (TPSA) is 64.4 Å². The Morgan fingerprint density at radius 3 is 2.62 bits per heavy atom. The van der Waals surface area contributed by atoms with Gasteiger partial charge >= 0.3 is 0 Å². The van der Waals surface area contributed by atoms with Crippen LogP contribution in [0.15, 0.2) is 53.1 Å². The predicted octanol–water partition coefficient (Wildman–Crippen LogP) is 4.45. The van der Waals surface area contributed by atoms with Crippen LogP contribution in [0.3, 0.4) is 0 Å². The van der Waals surface area contributed by atoms with Crippen molar-refractivity contribution in [2.45, 2.75) is 27.0 Å². The van der Waals surface area contributed by atoms with Crippen LogP contribution in [0.5, 0.6) is 5.75 Å². The van der Waals surface area contributed by atoms with E-state index in [0.29, 0.717) is 29.5 Å². The molecule has 0 unspecified atom stereocenters. The Morgan fingerprint density at radius 2 is 1.96 bits per heavy atom. The van der Waals surface area contributed by atoms with Crippen LogP contribution in [0.2, 0.25) is 5.02 Å². The van der Waals surface area contributed by atoms with Crippen molar-refractivity contribution in [3.63, 3.8) is 0 Å². The summed E-state index contributed by atoms with van der Waals surface area (Å²) in [4.78, 5) is 12.2. The fourth-order valence-electron chi connectivity index (χ4n) is 2.50. The standard InChI is InChI=1S/C20H19ClN2O3/c1-13-19(14(2)26-23-13)12-25-18-8-6-16(7-9-18)20(24)22-11-15-4-3-5-17(21)10-15/h3-10H,11-12H2,1-2H3,(H,22,24). The first-order chi connectivity index (χ1) is 12.5. The maximum absolute atomic E-state index is 12.2.